The molecule has 0 aliphatic heterocycles. The number of thiazole rings is 1. The van der Waals surface area contributed by atoms with Crippen LogP contribution in [0.25, 0.3) is 10.2 Å². The SMILES string of the molecule is C[C@H]1C(CCC(=O)OC(C)(C)C)C[C@H]1Oc1cccc2scnc12. The maximum absolute atomic E-state index is 11.8. The van der Waals surface area contributed by atoms with E-state index in [0.717, 1.165) is 28.8 Å². The zero-order chi connectivity index (χ0) is 17.3. The van der Waals surface area contributed by atoms with E-state index in [4.69, 9.17) is 9.47 Å². The summed E-state index contributed by atoms with van der Waals surface area (Å²) in [5.74, 6) is 1.74. The summed E-state index contributed by atoms with van der Waals surface area (Å²) >= 11 is 1.63. The molecule has 3 atom stereocenters. The average Bonchev–Trinajstić information content (AvgIpc) is 2.97. The highest BCUT2D eigenvalue weighted by Gasteiger charge is 2.39. The number of carbonyl (C=O) groups is 1. The zero-order valence-corrected chi connectivity index (χ0v) is 15.6. The lowest BCUT2D eigenvalue weighted by Gasteiger charge is -2.42. The molecule has 0 amide bonds. The van der Waals surface area contributed by atoms with Crippen molar-refractivity contribution in [2.45, 2.75) is 58.7 Å². The van der Waals surface area contributed by atoms with Gasteiger partial charge >= 0.3 is 5.97 Å². The molecular weight excluding hydrogens is 322 g/mol. The molecule has 0 spiro atoms. The van der Waals surface area contributed by atoms with E-state index < -0.39 is 5.60 Å². The molecule has 0 bridgehead atoms. The Balaban J connectivity index is 1.50. The Hall–Kier alpha value is -1.62. The molecule has 1 fully saturated rings. The quantitative estimate of drug-likeness (QED) is 0.728. The minimum Gasteiger partial charge on any atom is -0.488 e. The van der Waals surface area contributed by atoms with Gasteiger partial charge in [-0.25, -0.2) is 4.98 Å². The molecule has 0 radical (unpaired) electrons. The van der Waals surface area contributed by atoms with Crippen LogP contribution >= 0.6 is 11.3 Å². The number of carbonyl (C=O) groups excluding carboxylic acids is 1. The van der Waals surface area contributed by atoms with Crippen LogP contribution in [-0.4, -0.2) is 22.7 Å². The van der Waals surface area contributed by atoms with E-state index in [0.29, 0.717) is 18.3 Å². The first-order valence-electron chi connectivity index (χ1n) is 8.54. The predicted molar refractivity (Wildman–Crippen MR) is 96.4 cm³/mol. The number of esters is 1. The molecule has 1 aromatic heterocycles. The molecule has 0 saturated heterocycles. The Morgan fingerprint density at radius 1 is 1.38 bits per heavy atom. The minimum absolute atomic E-state index is 0.105. The van der Waals surface area contributed by atoms with Gasteiger partial charge in [0.2, 0.25) is 0 Å². The van der Waals surface area contributed by atoms with Crippen molar-refractivity contribution in [3.63, 3.8) is 0 Å². The van der Waals surface area contributed by atoms with Crippen molar-refractivity contribution in [3.05, 3.63) is 23.7 Å². The first kappa shape index (κ1) is 17.2. The fourth-order valence-electron chi connectivity index (χ4n) is 3.19. The lowest BCUT2D eigenvalue weighted by atomic mass is 9.70. The second kappa shape index (κ2) is 6.71. The summed E-state index contributed by atoms with van der Waals surface area (Å²) in [7, 11) is 0. The van der Waals surface area contributed by atoms with Gasteiger partial charge in [0, 0.05) is 6.42 Å². The maximum atomic E-state index is 11.8. The minimum atomic E-state index is -0.403. The van der Waals surface area contributed by atoms with Crippen molar-refractivity contribution < 1.29 is 14.3 Å². The van der Waals surface area contributed by atoms with Gasteiger partial charge in [0.15, 0.2) is 0 Å². The predicted octanol–water partition coefficient (Wildman–Crippen LogP) is 4.82. The summed E-state index contributed by atoms with van der Waals surface area (Å²) in [5.41, 5.74) is 2.40. The standard InChI is InChI=1S/C19H25NO3S/c1-12-13(8-9-17(21)23-19(2,3)4)10-15(12)22-14-6-5-7-16-18(14)20-11-24-16/h5-7,11-13,15H,8-10H2,1-4H3/t12-,13?,15+/m0/s1. The fourth-order valence-corrected chi connectivity index (χ4v) is 3.88. The molecular formula is C19H25NO3S. The molecule has 2 aromatic rings. The van der Waals surface area contributed by atoms with E-state index in [1.165, 1.54) is 0 Å². The normalized spacial score (nSPS) is 23.8. The summed E-state index contributed by atoms with van der Waals surface area (Å²) < 4.78 is 12.7. The number of rotatable bonds is 5. The van der Waals surface area contributed by atoms with E-state index in [1.54, 1.807) is 11.3 Å². The molecule has 1 aliphatic carbocycles. The fraction of sp³-hybridized carbons (Fsp3) is 0.579. The summed E-state index contributed by atoms with van der Waals surface area (Å²) in [6, 6.07) is 6.07. The van der Waals surface area contributed by atoms with Gasteiger partial charge in [-0.15, -0.1) is 11.3 Å². The van der Waals surface area contributed by atoms with Crippen LogP contribution < -0.4 is 4.74 Å². The van der Waals surface area contributed by atoms with E-state index in [9.17, 15) is 4.79 Å². The smallest absolute Gasteiger partial charge is 0.306 e. The highest BCUT2D eigenvalue weighted by Crippen LogP contribution is 2.41. The lowest BCUT2D eigenvalue weighted by molar-refractivity contribution is -0.155. The van der Waals surface area contributed by atoms with Crippen LogP contribution in [0, 0.1) is 11.8 Å². The van der Waals surface area contributed by atoms with Gasteiger partial charge in [-0.3, -0.25) is 4.79 Å². The second-order valence-corrected chi connectivity index (χ2v) is 8.48. The topological polar surface area (TPSA) is 48.4 Å². The third-order valence-electron chi connectivity index (χ3n) is 4.61. The maximum Gasteiger partial charge on any atom is 0.306 e. The molecule has 130 valence electrons. The van der Waals surface area contributed by atoms with Crippen molar-refractivity contribution >= 4 is 27.5 Å². The largest absolute Gasteiger partial charge is 0.488 e. The monoisotopic (exact) mass is 347 g/mol. The van der Waals surface area contributed by atoms with Crippen LogP contribution in [0.15, 0.2) is 23.7 Å². The van der Waals surface area contributed by atoms with E-state index in [-0.39, 0.29) is 12.1 Å². The average molecular weight is 347 g/mol. The summed E-state index contributed by atoms with van der Waals surface area (Å²) in [5, 5.41) is 0. The van der Waals surface area contributed by atoms with Crippen LogP contribution in [-0.2, 0) is 9.53 Å². The molecule has 1 aliphatic rings. The molecule has 1 aromatic carbocycles. The van der Waals surface area contributed by atoms with E-state index >= 15 is 0 Å². The summed E-state index contributed by atoms with van der Waals surface area (Å²) in [4.78, 5) is 16.2. The molecule has 24 heavy (non-hydrogen) atoms. The lowest BCUT2D eigenvalue weighted by Crippen LogP contribution is -2.43. The van der Waals surface area contributed by atoms with Crippen molar-refractivity contribution in [2.24, 2.45) is 11.8 Å². The van der Waals surface area contributed by atoms with Crippen LogP contribution in [0.3, 0.4) is 0 Å². The van der Waals surface area contributed by atoms with Crippen LogP contribution in [0.1, 0.15) is 47.0 Å². The van der Waals surface area contributed by atoms with Gasteiger partial charge in [-0.2, -0.15) is 0 Å². The zero-order valence-electron chi connectivity index (χ0n) is 14.7. The number of hydrogen-bond donors (Lipinski definition) is 0. The molecule has 0 N–H and O–H groups in total. The first-order valence-corrected chi connectivity index (χ1v) is 9.42. The molecule has 1 saturated carbocycles. The summed E-state index contributed by atoms with van der Waals surface area (Å²) in [6.07, 6.45) is 2.56. The number of hydrogen-bond acceptors (Lipinski definition) is 5. The van der Waals surface area contributed by atoms with Gasteiger partial charge in [0.25, 0.3) is 0 Å². The number of para-hydroxylation sites is 1. The van der Waals surface area contributed by atoms with Crippen molar-refractivity contribution in [1.82, 2.24) is 4.98 Å². The van der Waals surface area contributed by atoms with Gasteiger partial charge in [0.1, 0.15) is 23.0 Å². The molecule has 1 unspecified atom stereocenters. The second-order valence-electron chi connectivity index (χ2n) is 7.59. The molecule has 4 nitrogen and oxygen atoms in total. The van der Waals surface area contributed by atoms with E-state index in [2.05, 4.69) is 18.0 Å². The third kappa shape index (κ3) is 3.89. The van der Waals surface area contributed by atoms with Crippen molar-refractivity contribution in [2.75, 3.05) is 0 Å². The highest BCUT2D eigenvalue weighted by molar-refractivity contribution is 7.16. The Kier molecular flexibility index (Phi) is 4.81. The van der Waals surface area contributed by atoms with Gasteiger partial charge < -0.3 is 9.47 Å². The Morgan fingerprint density at radius 2 is 2.17 bits per heavy atom. The van der Waals surface area contributed by atoms with Crippen LogP contribution in [0.5, 0.6) is 5.75 Å². The van der Waals surface area contributed by atoms with Crippen molar-refractivity contribution in [3.8, 4) is 5.75 Å². The molecule has 5 heteroatoms. The number of ether oxygens (including phenoxy) is 2. The van der Waals surface area contributed by atoms with Gasteiger partial charge in [-0.05, 0) is 57.6 Å². The third-order valence-corrected chi connectivity index (χ3v) is 5.40. The number of aromatic nitrogens is 1. The number of benzene rings is 1. The van der Waals surface area contributed by atoms with Gasteiger partial charge in [0.05, 0.1) is 10.2 Å². The Bertz CT molecular complexity index is 719. The van der Waals surface area contributed by atoms with Crippen LogP contribution in [0.2, 0.25) is 0 Å². The van der Waals surface area contributed by atoms with Crippen LogP contribution in [0.4, 0.5) is 0 Å². The number of fused-ring (bicyclic) bond motifs is 1. The summed E-state index contributed by atoms with van der Waals surface area (Å²) in [6.45, 7) is 7.91. The van der Waals surface area contributed by atoms with E-state index in [1.807, 2.05) is 38.4 Å². The Labute approximate surface area is 147 Å². The molecule has 3 rings (SSSR count). The van der Waals surface area contributed by atoms with Crippen molar-refractivity contribution in [1.29, 1.82) is 0 Å². The molecule has 1 heterocycles. The highest BCUT2D eigenvalue weighted by atomic mass is 32.1. The Morgan fingerprint density at radius 3 is 2.88 bits per heavy atom. The number of nitrogens with zero attached hydrogens (tertiary/aromatic N) is 1. The van der Waals surface area contributed by atoms with Gasteiger partial charge in [-0.1, -0.05) is 13.0 Å². The first-order chi connectivity index (χ1) is 11.3.